The number of hydrogen-bond donors (Lipinski definition) is 0. The van der Waals surface area contributed by atoms with Crippen molar-refractivity contribution in [3.8, 4) is 0 Å². The minimum atomic E-state index is -0.773. The highest BCUT2D eigenvalue weighted by atomic mass is 16.5. The lowest BCUT2D eigenvalue weighted by molar-refractivity contribution is -0.150. The molecule has 1 heterocycles. The van der Waals surface area contributed by atoms with Gasteiger partial charge in [0.05, 0.1) is 5.69 Å². The van der Waals surface area contributed by atoms with Gasteiger partial charge in [0.25, 0.3) is 0 Å². The Balaban J connectivity index is 2.09. The second-order valence-electron chi connectivity index (χ2n) is 7.37. The van der Waals surface area contributed by atoms with Crippen LogP contribution in [0.5, 0.6) is 0 Å². The van der Waals surface area contributed by atoms with E-state index >= 15 is 0 Å². The first-order valence-electron chi connectivity index (χ1n) is 7.89. The normalized spacial score (nSPS) is 12.0. The average molecular weight is 311 g/mol. The third-order valence-electron chi connectivity index (χ3n) is 3.99. The average Bonchev–Trinajstić information content (AvgIpc) is 2.52. The Morgan fingerprint density at radius 3 is 2.17 bits per heavy atom. The van der Waals surface area contributed by atoms with Crippen molar-refractivity contribution in [2.75, 3.05) is 0 Å². The van der Waals surface area contributed by atoms with E-state index in [0.717, 1.165) is 16.8 Å². The molecule has 0 saturated carbocycles. The highest BCUT2D eigenvalue weighted by Crippen LogP contribution is 2.27. The molecule has 0 fully saturated rings. The molecule has 23 heavy (non-hydrogen) atoms. The number of nitrogens with zero attached hydrogens (tertiary/aromatic N) is 1. The molecule has 1 aromatic heterocycles. The van der Waals surface area contributed by atoms with Crippen molar-refractivity contribution < 1.29 is 9.53 Å². The number of benzene rings is 1. The van der Waals surface area contributed by atoms with Crippen molar-refractivity contribution in [3.05, 3.63) is 65.5 Å². The first-order valence-corrected chi connectivity index (χ1v) is 7.89. The number of carbonyl (C=O) groups excluding carboxylic acids is 1. The van der Waals surface area contributed by atoms with Crippen LogP contribution in [0.2, 0.25) is 0 Å². The molecule has 0 aliphatic carbocycles. The Morgan fingerprint density at radius 1 is 1.00 bits per heavy atom. The van der Waals surface area contributed by atoms with E-state index in [-0.39, 0.29) is 18.0 Å². The van der Waals surface area contributed by atoms with E-state index in [1.54, 1.807) is 0 Å². The first kappa shape index (κ1) is 17.2. The van der Waals surface area contributed by atoms with E-state index in [2.05, 4.69) is 25.8 Å². The van der Waals surface area contributed by atoms with Crippen molar-refractivity contribution >= 4 is 5.97 Å². The molecule has 1 aromatic carbocycles. The number of aromatic nitrogens is 1. The van der Waals surface area contributed by atoms with Gasteiger partial charge in [0.2, 0.25) is 0 Å². The highest BCUT2D eigenvalue weighted by Gasteiger charge is 2.33. The van der Waals surface area contributed by atoms with Crippen LogP contribution in [0.15, 0.2) is 48.7 Å². The van der Waals surface area contributed by atoms with Gasteiger partial charge in [0.1, 0.15) is 12.0 Å². The largest absolute Gasteiger partial charge is 0.460 e. The second-order valence-corrected chi connectivity index (χ2v) is 7.37. The minimum Gasteiger partial charge on any atom is -0.460 e. The summed E-state index contributed by atoms with van der Waals surface area (Å²) in [6.45, 7) is 10.4. The number of ether oxygens (including phenoxy) is 1. The zero-order chi connectivity index (χ0) is 17.1. The number of rotatable bonds is 4. The third kappa shape index (κ3) is 4.19. The van der Waals surface area contributed by atoms with E-state index in [1.165, 1.54) is 0 Å². The van der Waals surface area contributed by atoms with Gasteiger partial charge in [-0.15, -0.1) is 0 Å². The summed E-state index contributed by atoms with van der Waals surface area (Å²) in [5.74, 6) is -0.266. The van der Waals surface area contributed by atoms with Crippen molar-refractivity contribution in [3.63, 3.8) is 0 Å². The molecule has 0 N–H and O–H groups in total. The lowest BCUT2D eigenvalue weighted by Gasteiger charge is -2.24. The first-order chi connectivity index (χ1) is 10.7. The van der Waals surface area contributed by atoms with Crippen molar-refractivity contribution in [2.24, 2.45) is 0 Å². The summed E-state index contributed by atoms with van der Waals surface area (Å²) >= 11 is 0. The molecule has 0 bridgehead atoms. The van der Waals surface area contributed by atoms with Crippen LogP contribution < -0.4 is 0 Å². The minimum absolute atomic E-state index is 0.0451. The van der Waals surface area contributed by atoms with Crippen molar-refractivity contribution in [2.45, 2.75) is 52.1 Å². The molecule has 3 heteroatoms. The second kappa shape index (κ2) is 6.53. The Kier molecular flexibility index (Phi) is 4.88. The van der Waals surface area contributed by atoms with Gasteiger partial charge in [0.15, 0.2) is 0 Å². The summed E-state index contributed by atoms with van der Waals surface area (Å²) in [5, 5.41) is 0. The fourth-order valence-corrected chi connectivity index (χ4v) is 2.22. The summed E-state index contributed by atoms with van der Waals surface area (Å²) in [4.78, 5) is 17.0. The van der Waals surface area contributed by atoms with Crippen LogP contribution in [0.4, 0.5) is 0 Å². The topological polar surface area (TPSA) is 39.2 Å². The third-order valence-corrected chi connectivity index (χ3v) is 3.99. The van der Waals surface area contributed by atoms with Gasteiger partial charge in [-0.3, -0.25) is 9.78 Å². The van der Waals surface area contributed by atoms with Crippen LogP contribution in [-0.2, 0) is 27.0 Å². The van der Waals surface area contributed by atoms with Gasteiger partial charge in [-0.1, -0.05) is 57.2 Å². The molecule has 0 aliphatic heterocycles. The maximum absolute atomic E-state index is 12.5. The molecule has 0 spiro atoms. The summed E-state index contributed by atoms with van der Waals surface area (Å²) in [5.41, 5.74) is 2.13. The van der Waals surface area contributed by atoms with Crippen molar-refractivity contribution in [1.82, 2.24) is 4.98 Å². The van der Waals surface area contributed by atoms with Gasteiger partial charge in [0, 0.05) is 6.20 Å². The standard InChI is InChI=1S/C20H25NO2/c1-19(2,3)16-11-12-17(21-13-16)20(4,5)18(22)23-14-15-9-7-6-8-10-15/h6-13H,14H2,1-5H3. The number of carbonyl (C=O) groups is 1. The van der Waals surface area contributed by atoms with Crippen LogP contribution in [0.25, 0.3) is 0 Å². The molecule has 0 radical (unpaired) electrons. The Labute approximate surface area is 138 Å². The molecular formula is C20H25NO2. The number of esters is 1. The summed E-state index contributed by atoms with van der Waals surface area (Å²) < 4.78 is 5.47. The molecule has 2 aromatic rings. The van der Waals surface area contributed by atoms with Crippen LogP contribution in [-0.4, -0.2) is 11.0 Å². The van der Waals surface area contributed by atoms with Gasteiger partial charge in [-0.05, 0) is 36.5 Å². The smallest absolute Gasteiger partial charge is 0.317 e. The molecule has 0 atom stereocenters. The van der Waals surface area contributed by atoms with Gasteiger partial charge in [-0.2, -0.15) is 0 Å². The fraction of sp³-hybridized carbons (Fsp3) is 0.400. The Hall–Kier alpha value is -2.16. The maximum Gasteiger partial charge on any atom is 0.317 e. The zero-order valence-electron chi connectivity index (χ0n) is 14.6. The molecule has 0 saturated heterocycles. The van der Waals surface area contributed by atoms with Crippen LogP contribution in [0, 0.1) is 0 Å². The molecule has 3 nitrogen and oxygen atoms in total. The van der Waals surface area contributed by atoms with Crippen LogP contribution >= 0.6 is 0 Å². The molecule has 0 aliphatic rings. The molecule has 0 unspecified atom stereocenters. The van der Waals surface area contributed by atoms with Gasteiger partial charge >= 0.3 is 5.97 Å². The lowest BCUT2D eigenvalue weighted by Crippen LogP contribution is -2.32. The predicted molar refractivity (Wildman–Crippen MR) is 92.2 cm³/mol. The molecular weight excluding hydrogens is 286 g/mol. The molecule has 122 valence electrons. The maximum atomic E-state index is 12.5. The summed E-state index contributed by atoms with van der Waals surface area (Å²) in [7, 11) is 0. The van der Waals surface area contributed by atoms with Crippen molar-refractivity contribution in [1.29, 1.82) is 0 Å². The molecule has 2 rings (SSSR count). The summed E-state index contributed by atoms with van der Waals surface area (Å²) in [6, 6.07) is 13.6. The van der Waals surface area contributed by atoms with E-state index in [0.29, 0.717) is 0 Å². The zero-order valence-corrected chi connectivity index (χ0v) is 14.6. The Bertz CT molecular complexity index is 652. The summed E-state index contributed by atoms with van der Waals surface area (Å²) in [6.07, 6.45) is 1.85. The number of pyridine rings is 1. The Morgan fingerprint density at radius 2 is 1.65 bits per heavy atom. The van der Waals surface area contributed by atoms with E-state index in [4.69, 9.17) is 4.74 Å². The van der Waals surface area contributed by atoms with Gasteiger partial charge < -0.3 is 4.74 Å². The van der Waals surface area contributed by atoms with Crippen LogP contribution in [0.1, 0.15) is 51.4 Å². The monoisotopic (exact) mass is 311 g/mol. The van der Waals surface area contributed by atoms with Crippen LogP contribution in [0.3, 0.4) is 0 Å². The van der Waals surface area contributed by atoms with E-state index in [1.807, 2.05) is 62.5 Å². The predicted octanol–water partition coefficient (Wildman–Crippen LogP) is 4.40. The van der Waals surface area contributed by atoms with E-state index in [9.17, 15) is 4.79 Å². The van der Waals surface area contributed by atoms with E-state index < -0.39 is 5.41 Å². The van der Waals surface area contributed by atoms with Gasteiger partial charge in [-0.25, -0.2) is 0 Å². The molecule has 0 amide bonds. The fourth-order valence-electron chi connectivity index (χ4n) is 2.22. The quantitative estimate of drug-likeness (QED) is 0.786. The lowest BCUT2D eigenvalue weighted by atomic mass is 9.85. The highest BCUT2D eigenvalue weighted by molar-refractivity contribution is 5.81. The number of hydrogen-bond acceptors (Lipinski definition) is 3. The SMILES string of the molecule is CC(C)(C)c1ccc(C(C)(C)C(=O)OCc2ccccc2)nc1.